The second-order valence-electron chi connectivity index (χ2n) is 5.24. The Morgan fingerprint density at radius 2 is 1.75 bits per heavy atom. The summed E-state index contributed by atoms with van der Waals surface area (Å²) in [5.41, 5.74) is -3.98. The third-order valence-corrected chi connectivity index (χ3v) is 3.19. The van der Waals surface area contributed by atoms with Crippen molar-refractivity contribution < 1.29 is 40.6 Å². The van der Waals surface area contributed by atoms with Crippen LogP contribution in [-0.2, 0) is 21.8 Å². The highest BCUT2D eigenvalue weighted by atomic mass is 19.4. The van der Waals surface area contributed by atoms with Gasteiger partial charge in [-0.05, 0) is 30.5 Å². The number of benzene rings is 1. The van der Waals surface area contributed by atoms with Crippen LogP contribution in [0.4, 0.5) is 26.3 Å². The van der Waals surface area contributed by atoms with Crippen LogP contribution in [0, 0.1) is 5.92 Å². The Kier molecular flexibility index (Phi) is 6.65. The van der Waals surface area contributed by atoms with E-state index in [9.17, 15) is 31.1 Å². The van der Waals surface area contributed by atoms with Crippen molar-refractivity contribution in [2.24, 2.45) is 5.92 Å². The normalized spacial score (nSPS) is 13.7. The van der Waals surface area contributed by atoms with Crippen LogP contribution in [0.5, 0.6) is 0 Å². The van der Waals surface area contributed by atoms with E-state index in [2.05, 4.69) is 0 Å². The molecular formula is C15H16F6O3. The molecule has 0 aliphatic carbocycles. The maximum atomic E-state index is 12.9. The van der Waals surface area contributed by atoms with Crippen LogP contribution in [0.25, 0.3) is 0 Å². The van der Waals surface area contributed by atoms with E-state index < -0.39 is 35.0 Å². The number of esters is 1. The van der Waals surface area contributed by atoms with E-state index in [0.717, 1.165) is 0 Å². The zero-order chi connectivity index (χ0) is 18.5. The number of alkyl halides is 6. The fraction of sp³-hybridized carbons (Fsp3) is 0.533. The molecule has 0 saturated heterocycles. The molecule has 1 atom stereocenters. The molecule has 9 heteroatoms. The Bertz CT molecular complexity index is 565. The summed E-state index contributed by atoms with van der Waals surface area (Å²) in [7, 11) is 1.46. The minimum Gasteiger partial charge on any atom is -0.462 e. The van der Waals surface area contributed by atoms with E-state index in [4.69, 9.17) is 9.47 Å². The molecule has 0 amide bonds. The summed E-state index contributed by atoms with van der Waals surface area (Å²) >= 11 is 0. The molecular weight excluding hydrogens is 342 g/mol. The van der Waals surface area contributed by atoms with Crippen molar-refractivity contribution in [3.63, 3.8) is 0 Å². The van der Waals surface area contributed by atoms with E-state index in [1.54, 1.807) is 6.92 Å². The summed E-state index contributed by atoms with van der Waals surface area (Å²) in [5.74, 6) is -1.66. The van der Waals surface area contributed by atoms with Gasteiger partial charge in [0, 0.05) is 13.7 Å². The lowest BCUT2D eigenvalue weighted by Gasteiger charge is -2.16. The first-order chi connectivity index (χ1) is 11.0. The third-order valence-electron chi connectivity index (χ3n) is 3.19. The van der Waals surface area contributed by atoms with E-state index in [1.165, 1.54) is 7.11 Å². The quantitative estimate of drug-likeness (QED) is 0.553. The summed E-state index contributed by atoms with van der Waals surface area (Å²) in [5, 5.41) is 0. The Morgan fingerprint density at radius 3 is 2.25 bits per heavy atom. The highest BCUT2D eigenvalue weighted by Gasteiger charge is 2.39. The molecule has 0 saturated carbocycles. The molecule has 0 bridgehead atoms. The van der Waals surface area contributed by atoms with Gasteiger partial charge >= 0.3 is 18.3 Å². The maximum Gasteiger partial charge on any atom is 0.417 e. The first-order valence-electron chi connectivity index (χ1n) is 6.91. The first kappa shape index (κ1) is 20.3. The monoisotopic (exact) mass is 358 g/mol. The van der Waals surface area contributed by atoms with Gasteiger partial charge in [-0.3, -0.25) is 0 Å². The molecule has 3 nitrogen and oxygen atoms in total. The second-order valence-corrected chi connectivity index (χ2v) is 5.24. The number of rotatable bonds is 6. The molecule has 0 spiro atoms. The van der Waals surface area contributed by atoms with Gasteiger partial charge < -0.3 is 9.47 Å². The standard InChI is InChI=1S/C15H16F6O3/c1-9(5-6-23-2)8-24-13(22)11-7-10(14(16,17)18)3-4-12(11)15(19,20)21/h3-4,7,9H,5-6,8H2,1-2H3. The van der Waals surface area contributed by atoms with Gasteiger partial charge in [0.05, 0.1) is 23.3 Å². The summed E-state index contributed by atoms with van der Waals surface area (Å²) in [6.07, 6.45) is -9.36. The van der Waals surface area contributed by atoms with Crippen LogP contribution in [0.2, 0.25) is 0 Å². The Labute approximate surface area is 134 Å². The molecule has 0 aliphatic rings. The fourth-order valence-electron chi connectivity index (χ4n) is 1.83. The summed E-state index contributed by atoms with van der Waals surface area (Å²) in [4.78, 5) is 11.8. The largest absolute Gasteiger partial charge is 0.462 e. The van der Waals surface area contributed by atoms with Gasteiger partial charge in [0.15, 0.2) is 0 Å². The highest BCUT2D eigenvalue weighted by Crippen LogP contribution is 2.36. The number of carbonyl (C=O) groups is 1. The molecule has 1 aromatic carbocycles. The van der Waals surface area contributed by atoms with Gasteiger partial charge in [-0.1, -0.05) is 6.92 Å². The van der Waals surface area contributed by atoms with Crippen LogP contribution in [0.3, 0.4) is 0 Å². The van der Waals surface area contributed by atoms with Crippen molar-refractivity contribution in [3.05, 3.63) is 34.9 Å². The van der Waals surface area contributed by atoms with E-state index in [-0.39, 0.29) is 30.7 Å². The summed E-state index contributed by atoms with van der Waals surface area (Å²) in [6, 6.07) is 0.666. The minimum atomic E-state index is -4.97. The van der Waals surface area contributed by atoms with Crippen LogP contribution < -0.4 is 0 Å². The molecule has 0 radical (unpaired) electrons. The van der Waals surface area contributed by atoms with Gasteiger partial charge in [0.2, 0.25) is 0 Å². The predicted molar refractivity (Wildman–Crippen MR) is 72.4 cm³/mol. The molecule has 24 heavy (non-hydrogen) atoms. The lowest BCUT2D eigenvalue weighted by molar-refractivity contribution is -0.141. The molecule has 0 aromatic heterocycles. The molecule has 1 unspecified atom stereocenters. The molecule has 1 aromatic rings. The smallest absolute Gasteiger partial charge is 0.417 e. The van der Waals surface area contributed by atoms with E-state index in [1.807, 2.05) is 0 Å². The SMILES string of the molecule is COCCC(C)COC(=O)c1cc(C(F)(F)F)ccc1C(F)(F)F. The first-order valence-corrected chi connectivity index (χ1v) is 6.91. The number of methoxy groups -OCH3 is 1. The van der Waals surface area contributed by atoms with Crippen molar-refractivity contribution >= 4 is 5.97 Å². The maximum absolute atomic E-state index is 12.9. The summed E-state index contributed by atoms with van der Waals surface area (Å²) < 4.78 is 86.2. The molecule has 0 fully saturated rings. The number of hydrogen-bond donors (Lipinski definition) is 0. The number of ether oxygens (including phenoxy) is 2. The van der Waals surface area contributed by atoms with Crippen LogP contribution in [-0.4, -0.2) is 26.3 Å². The number of halogens is 6. The Hall–Kier alpha value is -1.77. The minimum absolute atomic E-state index is 0.158. The predicted octanol–water partition coefficient (Wildman–Crippen LogP) is 4.55. The van der Waals surface area contributed by atoms with E-state index in [0.29, 0.717) is 13.0 Å². The average molecular weight is 358 g/mol. The molecule has 0 heterocycles. The van der Waals surface area contributed by atoms with Crippen molar-refractivity contribution in [1.29, 1.82) is 0 Å². The fourth-order valence-corrected chi connectivity index (χ4v) is 1.83. The second kappa shape index (κ2) is 7.87. The lowest BCUT2D eigenvalue weighted by atomic mass is 10.0. The van der Waals surface area contributed by atoms with Gasteiger partial charge in [-0.2, -0.15) is 26.3 Å². The molecule has 1 rings (SSSR count). The third kappa shape index (κ3) is 5.70. The summed E-state index contributed by atoms with van der Waals surface area (Å²) in [6.45, 7) is 1.80. The Morgan fingerprint density at radius 1 is 1.12 bits per heavy atom. The van der Waals surface area contributed by atoms with Gasteiger partial charge in [-0.25, -0.2) is 4.79 Å². The van der Waals surface area contributed by atoms with Gasteiger partial charge in [0.25, 0.3) is 0 Å². The average Bonchev–Trinajstić information content (AvgIpc) is 2.48. The van der Waals surface area contributed by atoms with Gasteiger partial charge in [0.1, 0.15) is 0 Å². The molecule has 0 aliphatic heterocycles. The molecule has 0 N–H and O–H groups in total. The van der Waals surface area contributed by atoms with Crippen molar-refractivity contribution in [2.45, 2.75) is 25.7 Å². The number of carbonyl (C=O) groups excluding carboxylic acids is 1. The van der Waals surface area contributed by atoms with Crippen molar-refractivity contribution in [2.75, 3.05) is 20.3 Å². The molecule has 136 valence electrons. The van der Waals surface area contributed by atoms with Crippen LogP contribution in [0.1, 0.15) is 34.8 Å². The van der Waals surface area contributed by atoms with E-state index >= 15 is 0 Å². The van der Waals surface area contributed by atoms with Gasteiger partial charge in [-0.15, -0.1) is 0 Å². The Balaban J connectivity index is 3.03. The van der Waals surface area contributed by atoms with Crippen molar-refractivity contribution in [3.8, 4) is 0 Å². The van der Waals surface area contributed by atoms with Crippen LogP contribution in [0.15, 0.2) is 18.2 Å². The number of hydrogen-bond acceptors (Lipinski definition) is 3. The van der Waals surface area contributed by atoms with Crippen molar-refractivity contribution in [1.82, 2.24) is 0 Å². The lowest BCUT2D eigenvalue weighted by Crippen LogP contribution is -2.19. The zero-order valence-corrected chi connectivity index (χ0v) is 12.9. The topological polar surface area (TPSA) is 35.5 Å². The van der Waals surface area contributed by atoms with Crippen LogP contribution >= 0.6 is 0 Å². The zero-order valence-electron chi connectivity index (χ0n) is 12.9. The highest BCUT2D eigenvalue weighted by molar-refractivity contribution is 5.91.